The molecule has 1 N–H and O–H groups in total. The molecule has 0 aliphatic heterocycles. The zero-order chi connectivity index (χ0) is 17.4. The smallest absolute Gasteiger partial charge is 0.226 e. The average molecular weight is 347 g/mol. The maximum atomic E-state index is 11.9. The number of rotatable bonds is 9. The van der Waals surface area contributed by atoms with Crippen LogP contribution >= 0.6 is 11.3 Å². The summed E-state index contributed by atoms with van der Waals surface area (Å²) in [5.74, 6) is 0.845. The summed E-state index contributed by atoms with van der Waals surface area (Å²) in [5.41, 5.74) is 2.28. The SMILES string of the molecule is CCCCc1nnc(NC(=O)CCCOc2cc(C)ccc2C)s1. The molecule has 1 amide bonds. The Morgan fingerprint density at radius 3 is 2.88 bits per heavy atom. The van der Waals surface area contributed by atoms with Crippen LogP contribution in [0.2, 0.25) is 0 Å². The third kappa shape index (κ3) is 5.92. The summed E-state index contributed by atoms with van der Waals surface area (Å²) in [4.78, 5) is 11.9. The first-order valence-electron chi connectivity index (χ1n) is 8.40. The van der Waals surface area contributed by atoms with E-state index in [9.17, 15) is 4.79 Å². The molecule has 0 atom stereocenters. The molecule has 0 aliphatic rings. The van der Waals surface area contributed by atoms with Gasteiger partial charge in [0, 0.05) is 12.8 Å². The van der Waals surface area contributed by atoms with Crippen LogP contribution in [0.4, 0.5) is 5.13 Å². The van der Waals surface area contributed by atoms with Crippen LogP contribution in [-0.4, -0.2) is 22.7 Å². The number of nitrogens with zero attached hydrogens (tertiary/aromatic N) is 2. The van der Waals surface area contributed by atoms with Gasteiger partial charge in [-0.1, -0.05) is 36.8 Å². The van der Waals surface area contributed by atoms with E-state index in [-0.39, 0.29) is 5.91 Å². The van der Waals surface area contributed by atoms with E-state index in [4.69, 9.17) is 4.74 Å². The molecule has 0 aliphatic carbocycles. The molecule has 0 unspecified atom stereocenters. The van der Waals surface area contributed by atoms with E-state index in [1.54, 1.807) is 0 Å². The first-order chi connectivity index (χ1) is 11.6. The van der Waals surface area contributed by atoms with Crippen molar-refractivity contribution in [1.29, 1.82) is 0 Å². The van der Waals surface area contributed by atoms with E-state index in [2.05, 4.69) is 28.5 Å². The number of hydrogen-bond donors (Lipinski definition) is 1. The number of nitrogens with one attached hydrogen (secondary N) is 1. The van der Waals surface area contributed by atoms with Crippen molar-refractivity contribution in [3.63, 3.8) is 0 Å². The minimum absolute atomic E-state index is 0.0437. The summed E-state index contributed by atoms with van der Waals surface area (Å²) >= 11 is 1.46. The lowest BCUT2D eigenvalue weighted by Crippen LogP contribution is -2.12. The van der Waals surface area contributed by atoms with Crippen molar-refractivity contribution in [3.05, 3.63) is 34.3 Å². The zero-order valence-electron chi connectivity index (χ0n) is 14.6. The van der Waals surface area contributed by atoms with Crippen LogP contribution in [0, 0.1) is 13.8 Å². The number of ether oxygens (including phenoxy) is 1. The Morgan fingerprint density at radius 2 is 2.08 bits per heavy atom. The lowest BCUT2D eigenvalue weighted by atomic mass is 10.1. The maximum Gasteiger partial charge on any atom is 0.226 e. The van der Waals surface area contributed by atoms with Gasteiger partial charge in [-0.2, -0.15) is 0 Å². The monoisotopic (exact) mass is 347 g/mol. The number of unbranched alkanes of at least 4 members (excludes halogenated alkanes) is 1. The predicted octanol–water partition coefficient (Wildman–Crippen LogP) is 4.30. The summed E-state index contributed by atoms with van der Waals surface area (Å²) in [6.07, 6.45) is 4.23. The van der Waals surface area contributed by atoms with Crippen LogP contribution in [0.3, 0.4) is 0 Å². The Balaban J connectivity index is 1.69. The van der Waals surface area contributed by atoms with Crippen molar-refractivity contribution in [2.45, 2.75) is 52.9 Å². The van der Waals surface area contributed by atoms with Crippen LogP contribution in [0.1, 0.15) is 48.7 Å². The quantitative estimate of drug-likeness (QED) is 0.687. The van der Waals surface area contributed by atoms with Crippen LogP contribution in [0.25, 0.3) is 0 Å². The molecule has 0 fully saturated rings. The molecule has 0 saturated heterocycles. The number of amides is 1. The van der Waals surface area contributed by atoms with Crippen LogP contribution in [0.5, 0.6) is 5.75 Å². The van der Waals surface area contributed by atoms with Gasteiger partial charge >= 0.3 is 0 Å². The summed E-state index contributed by atoms with van der Waals surface area (Å²) in [5, 5.41) is 12.5. The topological polar surface area (TPSA) is 64.1 Å². The van der Waals surface area contributed by atoms with Crippen LogP contribution in [-0.2, 0) is 11.2 Å². The molecule has 2 rings (SSSR count). The fourth-order valence-corrected chi connectivity index (χ4v) is 2.99. The highest BCUT2D eigenvalue weighted by molar-refractivity contribution is 7.15. The van der Waals surface area contributed by atoms with Gasteiger partial charge in [0.1, 0.15) is 10.8 Å². The minimum atomic E-state index is -0.0437. The number of hydrogen-bond acceptors (Lipinski definition) is 5. The molecule has 1 aromatic carbocycles. The lowest BCUT2D eigenvalue weighted by molar-refractivity contribution is -0.116. The molecular formula is C18H25N3O2S. The number of carbonyl (C=O) groups is 1. The summed E-state index contributed by atoms with van der Waals surface area (Å²) in [7, 11) is 0. The number of aromatic nitrogens is 2. The van der Waals surface area contributed by atoms with Gasteiger partial charge in [-0.25, -0.2) is 0 Å². The Morgan fingerprint density at radius 1 is 1.25 bits per heavy atom. The highest BCUT2D eigenvalue weighted by Crippen LogP contribution is 2.20. The van der Waals surface area contributed by atoms with E-state index in [1.165, 1.54) is 16.9 Å². The van der Waals surface area contributed by atoms with E-state index < -0.39 is 0 Å². The van der Waals surface area contributed by atoms with Gasteiger partial charge in [0.15, 0.2) is 0 Å². The van der Waals surface area contributed by atoms with Gasteiger partial charge in [0.05, 0.1) is 6.61 Å². The number of benzene rings is 1. The molecule has 6 heteroatoms. The first-order valence-corrected chi connectivity index (χ1v) is 9.22. The molecular weight excluding hydrogens is 322 g/mol. The van der Waals surface area contributed by atoms with Crippen molar-refractivity contribution < 1.29 is 9.53 Å². The minimum Gasteiger partial charge on any atom is -0.493 e. The van der Waals surface area contributed by atoms with E-state index in [1.807, 2.05) is 26.0 Å². The van der Waals surface area contributed by atoms with E-state index >= 15 is 0 Å². The molecule has 0 saturated carbocycles. The second-order valence-corrected chi connectivity index (χ2v) is 6.94. The third-order valence-corrected chi connectivity index (χ3v) is 4.51. The number of carbonyl (C=O) groups excluding carboxylic acids is 1. The van der Waals surface area contributed by atoms with Crippen molar-refractivity contribution in [2.75, 3.05) is 11.9 Å². The van der Waals surface area contributed by atoms with Crippen LogP contribution in [0.15, 0.2) is 18.2 Å². The Hall–Kier alpha value is -1.95. The Kier molecular flexibility index (Phi) is 7.18. The van der Waals surface area contributed by atoms with E-state index in [0.29, 0.717) is 24.6 Å². The maximum absolute atomic E-state index is 11.9. The van der Waals surface area contributed by atoms with Gasteiger partial charge < -0.3 is 10.1 Å². The zero-order valence-corrected chi connectivity index (χ0v) is 15.4. The van der Waals surface area contributed by atoms with Crippen LogP contribution < -0.4 is 10.1 Å². The fraction of sp³-hybridized carbons (Fsp3) is 0.500. The molecule has 5 nitrogen and oxygen atoms in total. The number of anilines is 1. The molecule has 24 heavy (non-hydrogen) atoms. The standard InChI is InChI=1S/C18H25N3O2S/c1-4-5-8-17-20-21-18(24-17)19-16(22)7-6-11-23-15-12-13(2)9-10-14(15)3/h9-10,12H,4-8,11H2,1-3H3,(H,19,21,22). The van der Waals surface area contributed by atoms with Gasteiger partial charge in [-0.3, -0.25) is 4.79 Å². The molecule has 0 radical (unpaired) electrons. The Bertz CT molecular complexity index is 670. The number of aryl methyl sites for hydroxylation is 3. The highest BCUT2D eigenvalue weighted by Gasteiger charge is 2.08. The van der Waals surface area contributed by atoms with Gasteiger partial charge in [0.2, 0.25) is 11.0 Å². The molecule has 0 spiro atoms. The predicted molar refractivity (Wildman–Crippen MR) is 97.8 cm³/mol. The summed E-state index contributed by atoms with van der Waals surface area (Å²) in [6.45, 7) is 6.73. The molecule has 2 aromatic rings. The van der Waals surface area contributed by atoms with Crippen molar-refractivity contribution in [1.82, 2.24) is 10.2 Å². The molecule has 130 valence electrons. The second-order valence-electron chi connectivity index (χ2n) is 5.87. The molecule has 1 aromatic heterocycles. The normalized spacial score (nSPS) is 10.6. The molecule has 1 heterocycles. The summed E-state index contributed by atoms with van der Waals surface area (Å²) in [6, 6.07) is 6.13. The van der Waals surface area contributed by atoms with Crippen molar-refractivity contribution in [3.8, 4) is 5.75 Å². The van der Waals surface area contributed by atoms with Gasteiger partial charge in [-0.05, 0) is 43.9 Å². The van der Waals surface area contributed by atoms with Gasteiger partial charge in [-0.15, -0.1) is 10.2 Å². The van der Waals surface area contributed by atoms with E-state index in [0.717, 1.165) is 35.6 Å². The van der Waals surface area contributed by atoms with Crippen molar-refractivity contribution in [2.24, 2.45) is 0 Å². The van der Waals surface area contributed by atoms with Crippen molar-refractivity contribution >= 4 is 22.4 Å². The Labute approximate surface area is 147 Å². The highest BCUT2D eigenvalue weighted by atomic mass is 32.1. The average Bonchev–Trinajstić information content (AvgIpc) is 3.00. The largest absolute Gasteiger partial charge is 0.493 e. The second kappa shape index (κ2) is 9.37. The first kappa shape index (κ1) is 18.4. The fourth-order valence-electron chi connectivity index (χ4n) is 2.19. The lowest BCUT2D eigenvalue weighted by Gasteiger charge is -2.09. The summed E-state index contributed by atoms with van der Waals surface area (Å²) < 4.78 is 5.76. The molecule has 0 bridgehead atoms. The third-order valence-electron chi connectivity index (χ3n) is 3.61. The van der Waals surface area contributed by atoms with Gasteiger partial charge in [0.25, 0.3) is 0 Å².